The van der Waals surface area contributed by atoms with Crippen molar-refractivity contribution in [3.63, 3.8) is 0 Å². The van der Waals surface area contributed by atoms with Crippen LogP contribution >= 0.6 is 0 Å². The number of ether oxygens (including phenoxy) is 2. The lowest BCUT2D eigenvalue weighted by atomic mass is 10.1. The minimum Gasteiger partial charge on any atom is -0.497 e. The molecule has 1 atom stereocenters. The molecule has 3 aromatic carbocycles. The first kappa shape index (κ1) is 24.3. The Morgan fingerprint density at radius 3 is 2.18 bits per heavy atom. The normalized spacial score (nSPS) is 12.1. The van der Waals surface area contributed by atoms with E-state index >= 15 is 0 Å². The maximum atomic E-state index is 12.6. The van der Waals surface area contributed by atoms with Crippen LogP contribution in [0.2, 0.25) is 0 Å². The highest BCUT2D eigenvalue weighted by molar-refractivity contribution is 7.89. The molecule has 0 spiro atoms. The van der Waals surface area contributed by atoms with Gasteiger partial charge in [0.2, 0.25) is 10.0 Å². The molecule has 0 unspecified atom stereocenters. The molecule has 1 amide bonds. The predicted octanol–water partition coefficient (Wildman–Crippen LogP) is 3.47. The smallest absolute Gasteiger partial charge is 0.257 e. The Kier molecular flexibility index (Phi) is 8.46. The van der Waals surface area contributed by atoms with Gasteiger partial charge in [-0.3, -0.25) is 4.79 Å². The van der Waals surface area contributed by atoms with Crippen LogP contribution in [0.25, 0.3) is 0 Å². The Labute approximate surface area is 194 Å². The summed E-state index contributed by atoms with van der Waals surface area (Å²) < 4.78 is 38.5. The molecule has 0 aliphatic rings. The van der Waals surface area contributed by atoms with Gasteiger partial charge in [0.05, 0.1) is 12.0 Å². The Hall–Kier alpha value is -3.36. The molecule has 0 saturated carbocycles. The van der Waals surface area contributed by atoms with E-state index in [1.165, 1.54) is 24.3 Å². The summed E-state index contributed by atoms with van der Waals surface area (Å²) in [7, 11) is -2.08. The monoisotopic (exact) mass is 468 g/mol. The summed E-state index contributed by atoms with van der Waals surface area (Å²) in [6.07, 6.45) is 0.691. The third kappa shape index (κ3) is 7.34. The van der Waals surface area contributed by atoms with Crippen LogP contribution in [0.15, 0.2) is 83.8 Å². The van der Waals surface area contributed by atoms with Crippen LogP contribution in [0.4, 0.5) is 0 Å². The highest BCUT2D eigenvalue weighted by Gasteiger charge is 2.18. The lowest BCUT2D eigenvalue weighted by molar-refractivity contribution is -0.123. The maximum absolute atomic E-state index is 12.6. The van der Waals surface area contributed by atoms with Crippen LogP contribution in [0, 0.1) is 0 Å². The number of hydrogen-bond acceptors (Lipinski definition) is 5. The van der Waals surface area contributed by atoms with Crippen molar-refractivity contribution in [1.82, 2.24) is 10.0 Å². The molecule has 3 aromatic rings. The van der Waals surface area contributed by atoms with Crippen LogP contribution in [0.3, 0.4) is 0 Å². The van der Waals surface area contributed by atoms with E-state index in [1.807, 2.05) is 54.6 Å². The summed E-state index contributed by atoms with van der Waals surface area (Å²) in [5.74, 6) is 0.949. The molecule has 8 heteroatoms. The number of nitrogens with one attached hydrogen (secondary N) is 2. The third-order valence-electron chi connectivity index (χ3n) is 5.03. The quantitative estimate of drug-likeness (QED) is 0.449. The summed E-state index contributed by atoms with van der Waals surface area (Å²) in [5.41, 5.74) is 1.96. The van der Waals surface area contributed by atoms with Gasteiger partial charge in [0.15, 0.2) is 6.61 Å². The van der Waals surface area contributed by atoms with Crippen LogP contribution in [0.1, 0.15) is 24.1 Å². The van der Waals surface area contributed by atoms with Crippen molar-refractivity contribution >= 4 is 15.9 Å². The molecule has 3 rings (SSSR count). The first-order chi connectivity index (χ1) is 15.9. The van der Waals surface area contributed by atoms with Crippen molar-refractivity contribution in [1.29, 1.82) is 0 Å². The van der Waals surface area contributed by atoms with Crippen molar-refractivity contribution in [3.8, 4) is 11.5 Å². The van der Waals surface area contributed by atoms with E-state index in [-0.39, 0.29) is 23.5 Å². The van der Waals surface area contributed by atoms with Gasteiger partial charge in [-0.05, 0) is 60.9 Å². The van der Waals surface area contributed by atoms with Gasteiger partial charge in [0, 0.05) is 12.6 Å². The van der Waals surface area contributed by atoms with Gasteiger partial charge >= 0.3 is 0 Å². The van der Waals surface area contributed by atoms with Gasteiger partial charge in [-0.1, -0.05) is 42.5 Å². The van der Waals surface area contributed by atoms with E-state index < -0.39 is 10.0 Å². The summed E-state index contributed by atoms with van der Waals surface area (Å²) in [6, 6.07) is 22.6. The fraction of sp³-hybridized carbons (Fsp3) is 0.240. The van der Waals surface area contributed by atoms with Crippen molar-refractivity contribution < 1.29 is 22.7 Å². The molecule has 0 aromatic heterocycles. The zero-order chi connectivity index (χ0) is 23.7. The van der Waals surface area contributed by atoms with Crippen molar-refractivity contribution in [2.24, 2.45) is 0 Å². The second-order valence-electron chi connectivity index (χ2n) is 7.46. The zero-order valence-electron chi connectivity index (χ0n) is 18.7. The van der Waals surface area contributed by atoms with Crippen LogP contribution in [-0.2, 0) is 21.2 Å². The molecule has 0 radical (unpaired) electrons. The zero-order valence-corrected chi connectivity index (χ0v) is 19.5. The Bertz CT molecular complexity index is 1130. The van der Waals surface area contributed by atoms with Crippen molar-refractivity contribution in [2.45, 2.75) is 24.3 Å². The highest BCUT2D eigenvalue weighted by atomic mass is 32.2. The number of amides is 1. The average Bonchev–Trinajstić information content (AvgIpc) is 2.84. The van der Waals surface area contributed by atoms with Gasteiger partial charge in [0.25, 0.3) is 5.91 Å². The fourth-order valence-corrected chi connectivity index (χ4v) is 4.40. The number of methoxy groups -OCH3 is 1. The first-order valence-corrected chi connectivity index (χ1v) is 12.1. The van der Waals surface area contributed by atoms with E-state index in [9.17, 15) is 13.2 Å². The molecule has 0 heterocycles. The summed E-state index contributed by atoms with van der Waals surface area (Å²) in [5, 5.41) is 2.80. The minimum absolute atomic E-state index is 0.126. The van der Waals surface area contributed by atoms with Gasteiger partial charge in [-0.2, -0.15) is 0 Å². The molecule has 0 aliphatic heterocycles. The van der Waals surface area contributed by atoms with Crippen molar-refractivity contribution in [2.75, 3.05) is 20.3 Å². The van der Waals surface area contributed by atoms with Crippen LogP contribution < -0.4 is 19.5 Å². The van der Waals surface area contributed by atoms with E-state index in [0.29, 0.717) is 18.7 Å². The summed E-state index contributed by atoms with van der Waals surface area (Å²) in [4.78, 5) is 12.2. The molecule has 0 fully saturated rings. The molecule has 0 aliphatic carbocycles. The molecule has 33 heavy (non-hydrogen) atoms. The van der Waals surface area contributed by atoms with Crippen LogP contribution in [-0.4, -0.2) is 34.6 Å². The Morgan fingerprint density at radius 2 is 1.55 bits per heavy atom. The van der Waals surface area contributed by atoms with E-state index in [2.05, 4.69) is 10.0 Å². The Balaban J connectivity index is 1.45. The third-order valence-corrected chi connectivity index (χ3v) is 6.59. The standard InChI is InChI=1S/C25H28N2O5S/c1-19(21-6-4-3-5-7-21)27-33(29,30)24-14-12-23(13-15-24)32-18-25(28)26-17-16-20-8-10-22(31-2)11-9-20/h3-15,19,27H,16-18H2,1-2H3,(H,26,28)/t19-/m1/s1. The van der Waals surface area contributed by atoms with Gasteiger partial charge in [-0.25, -0.2) is 13.1 Å². The predicted molar refractivity (Wildman–Crippen MR) is 127 cm³/mol. The van der Waals surface area contributed by atoms with Crippen LogP contribution in [0.5, 0.6) is 11.5 Å². The molecule has 174 valence electrons. The van der Waals surface area contributed by atoms with E-state index in [4.69, 9.17) is 9.47 Å². The number of hydrogen-bond donors (Lipinski definition) is 2. The largest absolute Gasteiger partial charge is 0.497 e. The van der Waals surface area contributed by atoms with Gasteiger partial charge in [0.1, 0.15) is 11.5 Å². The maximum Gasteiger partial charge on any atom is 0.257 e. The molecule has 2 N–H and O–H groups in total. The van der Waals surface area contributed by atoms with Gasteiger partial charge in [-0.15, -0.1) is 0 Å². The second-order valence-corrected chi connectivity index (χ2v) is 9.18. The fourth-order valence-electron chi connectivity index (χ4n) is 3.16. The summed E-state index contributed by atoms with van der Waals surface area (Å²) in [6.45, 7) is 2.12. The van der Waals surface area contributed by atoms with Gasteiger partial charge < -0.3 is 14.8 Å². The number of rotatable bonds is 11. The topological polar surface area (TPSA) is 93.7 Å². The molecule has 0 saturated heterocycles. The van der Waals surface area contributed by atoms with Crippen molar-refractivity contribution in [3.05, 3.63) is 90.0 Å². The number of carbonyl (C=O) groups is 1. The van der Waals surface area contributed by atoms with E-state index in [0.717, 1.165) is 16.9 Å². The molecular formula is C25H28N2O5S. The number of sulfonamides is 1. The number of benzene rings is 3. The average molecular weight is 469 g/mol. The Morgan fingerprint density at radius 1 is 0.909 bits per heavy atom. The molecular weight excluding hydrogens is 440 g/mol. The minimum atomic E-state index is -3.69. The number of carbonyl (C=O) groups excluding carboxylic acids is 1. The molecule has 7 nitrogen and oxygen atoms in total. The van der Waals surface area contributed by atoms with E-state index in [1.54, 1.807) is 14.0 Å². The summed E-state index contributed by atoms with van der Waals surface area (Å²) >= 11 is 0. The first-order valence-electron chi connectivity index (χ1n) is 10.6. The SMILES string of the molecule is COc1ccc(CCNC(=O)COc2ccc(S(=O)(=O)N[C@H](C)c3ccccc3)cc2)cc1. The lowest BCUT2D eigenvalue weighted by Crippen LogP contribution is -2.30. The second kappa shape index (κ2) is 11.5. The lowest BCUT2D eigenvalue weighted by Gasteiger charge is -2.15. The highest BCUT2D eigenvalue weighted by Crippen LogP contribution is 2.19. The molecule has 0 bridgehead atoms.